The van der Waals surface area contributed by atoms with Crippen LogP contribution in [-0.4, -0.2) is 29.1 Å². The van der Waals surface area contributed by atoms with Crippen LogP contribution in [-0.2, 0) is 11.3 Å². The lowest BCUT2D eigenvalue weighted by Crippen LogP contribution is -2.43. The summed E-state index contributed by atoms with van der Waals surface area (Å²) in [6, 6.07) is 8.17. The summed E-state index contributed by atoms with van der Waals surface area (Å²) >= 11 is 0. The van der Waals surface area contributed by atoms with E-state index in [0.29, 0.717) is 0 Å². The van der Waals surface area contributed by atoms with Crippen molar-refractivity contribution < 1.29 is 4.79 Å². The quantitative estimate of drug-likeness (QED) is 0.787. The number of benzene rings is 1. The fourth-order valence-corrected chi connectivity index (χ4v) is 2.72. The molecule has 1 fully saturated rings. The van der Waals surface area contributed by atoms with E-state index in [9.17, 15) is 4.79 Å². The van der Waals surface area contributed by atoms with Gasteiger partial charge in [0.25, 0.3) is 0 Å². The Bertz CT molecular complexity index is 483. The number of para-hydroxylation sites is 1. The number of nitrogens with zero attached hydrogens (tertiary/aromatic N) is 2. The predicted octanol–water partition coefficient (Wildman–Crippen LogP) is 1.22. The van der Waals surface area contributed by atoms with Gasteiger partial charge in [-0.15, -0.1) is 0 Å². The number of hydrogen-bond donors (Lipinski definition) is 1. The SMILES string of the molecule is NC(=O)C1CCC2C=Nc3ccccc3CN21. The van der Waals surface area contributed by atoms with Crippen LogP contribution in [0.15, 0.2) is 29.3 Å². The molecule has 0 aromatic heterocycles. The molecule has 2 heterocycles. The van der Waals surface area contributed by atoms with Gasteiger partial charge < -0.3 is 5.73 Å². The maximum Gasteiger partial charge on any atom is 0.234 e. The fourth-order valence-electron chi connectivity index (χ4n) is 2.72. The standard InChI is InChI=1S/C13H15N3O/c14-13(17)12-6-5-10-7-15-11-4-2-1-3-9(11)8-16(10)12/h1-4,7,10,12H,5-6,8H2,(H2,14,17). The van der Waals surface area contributed by atoms with E-state index >= 15 is 0 Å². The average molecular weight is 229 g/mol. The van der Waals surface area contributed by atoms with Gasteiger partial charge in [0.1, 0.15) is 0 Å². The Hall–Kier alpha value is -1.68. The highest BCUT2D eigenvalue weighted by Crippen LogP contribution is 2.31. The van der Waals surface area contributed by atoms with E-state index in [2.05, 4.69) is 16.0 Å². The van der Waals surface area contributed by atoms with Gasteiger partial charge in [-0.1, -0.05) is 18.2 Å². The second-order valence-electron chi connectivity index (χ2n) is 4.64. The molecule has 0 aliphatic carbocycles. The molecule has 17 heavy (non-hydrogen) atoms. The molecule has 1 aromatic carbocycles. The van der Waals surface area contributed by atoms with Crippen LogP contribution >= 0.6 is 0 Å². The molecule has 4 nitrogen and oxygen atoms in total. The molecule has 4 heteroatoms. The van der Waals surface area contributed by atoms with Crippen LogP contribution in [0.2, 0.25) is 0 Å². The van der Waals surface area contributed by atoms with Crippen molar-refractivity contribution in [1.29, 1.82) is 0 Å². The third kappa shape index (κ3) is 1.74. The molecule has 3 rings (SSSR count). The van der Waals surface area contributed by atoms with E-state index in [4.69, 9.17) is 5.73 Å². The summed E-state index contributed by atoms with van der Waals surface area (Å²) in [6.07, 6.45) is 3.76. The van der Waals surface area contributed by atoms with Crippen LogP contribution < -0.4 is 5.73 Å². The molecule has 2 atom stereocenters. The van der Waals surface area contributed by atoms with Gasteiger partial charge in [-0.3, -0.25) is 14.7 Å². The number of carbonyl (C=O) groups excluding carboxylic acids is 1. The summed E-state index contributed by atoms with van der Waals surface area (Å²) in [5, 5.41) is 0. The van der Waals surface area contributed by atoms with Gasteiger partial charge in [0.2, 0.25) is 5.91 Å². The number of hydrogen-bond acceptors (Lipinski definition) is 3. The van der Waals surface area contributed by atoms with E-state index < -0.39 is 0 Å². The molecule has 1 amide bonds. The molecule has 1 saturated heterocycles. The van der Waals surface area contributed by atoms with Gasteiger partial charge in [-0.05, 0) is 24.5 Å². The third-order valence-electron chi connectivity index (χ3n) is 3.62. The zero-order valence-corrected chi connectivity index (χ0v) is 9.54. The lowest BCUT2D eigenvalue weighted by atomic mass is 10.1. The Kier molecular flexibility index (Phi) is 2.44. The molecule has 88 valence electrons. The Labute approximate surface area is 100 Å². The van der Waals surface area contributed by atoms with Crippen LogP contribution in [0.3, 0.4) is 0 Å². The minimum atomic E-state index is -0.222. The van der Waals surface area contributed by atoms with Gasteiger partial charge in [0, 0.05) is 18.8 Å². The van der Waals surface area contributed by atoms with Crippen LogP contribution in [0, 0.1) is 0 Å². The summed E-state index contributed by atoms with van der Waals surface area (Å²) in [5.41, 5.74) is 7.62. The number of aliphatic imine (C=N–C) groups is 1. The fraction of sp³-hybridized carbons (Fsp3) is 0.385. The third-order valence-corrected chi connectivity index (χ3v) is 3.62. The molecule has 1 aromatic rings. The zero-order valence-electron chi connectivity index (χ0n) is 9.54. The topological polar surface area (TPSA) is 58.7 Å². The summed E-state index contributed by atoms with van der Waals surface area (Å²) in [7, 11) is 0. The smallest absolute Gasteiger partial charge is 0.234 e. The minimum Gasteiger partial charge on any atom is -0.368 e. The highest BCUT2D eigenvalue weighted by atomic mass is 16.1. The molecule has 2 N–H and O–H groups in total. The number of rotatable bonds is 1. The van der Waals surface area contributed by atoms with E-state index in [1.807, 2.05) is 24.4 Å². The van der Waals surface area contributed by atoms with E-state index in [0.717, 1.165) is 25.1 Å². The van der Waals surface area contributed by atoms with Crippen molar-refractivity contribution in [3.05, 3.63) is 29.8 Å². The van der Waals surface area contributed by atoms with Crippen LogP contribution in [0.5, 0.6) is 0 Å². The first kappa shape index (κ1) is 10.5. The Morgan fingerprint density at radius 3 is 3.00 bits per heavy atom. The molecule has 0 radical (unpaired) electrons. The second kappa shape index (κ2) is 3.96. The summed E-state index contributed by atoms with van der Waals surface area (Å²) in [6.45, 7) is 0.758. The number of fused-ring (bicyclic) bond motifs is 2. The summed E-state index contributed by atoms with van der Waals surface area (Å²) in [5.74, 6) is -0.222. The Morgan fingerprint density at radius 1 is 1.35 bits per heavy atom. The molecule has 2 aliphatic heterocycles. The van der Waals surface area contributed by atoms with Crippen molar-refractivity contribution in [2.75, 3.05) is 0 Å². The monoisotopic (exact) mass is 229 g/mol. The van der Waals surface area contributed by atoms with Crippen molar-refractivity contribution in [3.63, 3.8) is 0 Å². The molecular weight excluding hydrogens is 214 g/mol. The van der Waals surface area contributed by atoms with E-state index in [1.165, 1.54) is 5.56 Å². The first-order chi connectivity index (χ1) is 8.25. The largest absolute Gasteiger partial charge is 0.368 e. The molecule has 0 spiro atoms. The maximum atomic E-state index is 11.4. The predicted molar refractivity (Wildman–Crippen MR) is 66.1 cm³/mol. The van der Waals surface area contributed by atoms with Crippen molar-refractivity contribution in [1.82, 2.24) is 4.90 Å². The number of carbonyl (C=O) groups is 1. The number of nitrogens with two attached hydrogens (primary N) is 1. The minimum absolute atomic E-state index is 0.141. The van der Waals surface area contributed by atoms with Crippen molar-refractivity contribution in [2.45, 2.75) is 31.5 Å². The lowest BCUT2D eigenvalue weighted by molar-refractivity contribution is -0.122. The first-order valence-electron chi connectivity index (χ1n) is 5.93. The normalized spacial score (nSPS) is 27.3. The van der Waals surface area contributed by atoms with Gasteiger partial charge in [0.15, 0.2) is 0 Å². The van der Waals surface area contributed by atoms with E-state index in [1.54, 1.807) is 0 Å². The van der Waals surface area contributed by atoms with Gasteiger partial charge in [-0.2, -0.15) is 0 Å². The molecule has 2 unspecified atom stereocenters. The maximum absolute atomic E-state index is 11.4. The van der Waals surface area contributed by atoms with Gasteiger partial charge in [-0.25, -0.2) is 0 Å². The summed E-state index contributed by atoms with van der Waals surface area (Å²) < 4.78 is 0. The molecule has 0 bridgehead atoms. The average Bonchev–Trinajstić information content (AvgIpc) is 2.63. The molecule has 2 aliphatic rings. The highest BCUT2D eigenvalue weighted by Gasteiger charge is 2.36. The Balaban J connectivity index is 1.96. The van der Waals surface area contributed by atoms with Crippen molar-refractivity contribution >= 4 is 17.8 Å². The Morgan fingerprint density at radius 2 is 2.18 bits per heavy atom. The van der Waals surface area contributed by atoms with Crippen molar-refractivity contribution in [2.24, 2.45) is 10.7 Å². The van der Waals surface area contributed by atoms with Gasteiger partial charge >= 0.3 is 0 Å². The zero-order chi connectivity index (χ0) is 11.8. The van der Waals surface area contributed by atoms with Crippen LogP contribution in [0.4, 0.5) is 5.69 Å². The summed E-state index contributed by atoms with van der Waals surface area (Å²) in [4.78, 5) is 18.1. The first-order valence-corrected chi connectivity index (χ1v) is 5.93. The molecule has 0 saturated carbocycles. The van der Waals surface area contributed by atoms with Crippen LogP contribution in [0.25, 0.3) is 0 Å². The van der Waals surface area contributed by atoms with Crippen molar-refractivity contribution in [3.8, 4) is 0 Å². The van der Waals surface area contributed by atoms with Crippen LogP contribution in [0.1, 0.15) is 18.4 Å². The lowest BCUT2D eigenvalue weighted by Gasteiger charge is -2.25. The number of amides is 1. The number of primary amides is 1. The van der Waals surface area contributed by atoms with Gasteiger partial charge in [0.05, 0.1) is 11.7 Å². The highest BCUT2D eigenvalue weighted by molar-refractivity contribution is 5.82. The second-order valence-corrected chi connectivity index (χ2v) is 4.64. The van der Waals surface area contributed by atoms with E-state index in [-0.39, 0.29) is 18.0 Å². The molecular formula is C13H15N3O.